The monoisotopic (exact) mass is 753 g/mol. The van der Waals surface area contributed by atoms with Crippen LogP contribution in [0, 0.1) is 29.1 Å². The fourth-order valence-corrected chi connectivity index (χ4v) is 6.20. The Morgan fingerprint density at radius 2 is 0.696 bits per heavy atom. The van der Waals surface area contributed by atoms with Crippen molar-refractivity contribution in [3.8, 4) is 5.75 Å². The predicted molar refractivity (Wildman–Crippen MR) is 97.4 cm³/mol. The smallest absolute Gasteiger partial charge is 0.727 e. The number of alkyl halides is 18. The summed E-state index contributed by atoms with van der Waals surface area (Å²) in [5, 5.41) is 0. The summed E-state index contributed by atoms with van der Waals surface area (Å²) in [5.74, 6) is -21.7. The van der Waals surface area contributed by atoms with E-state index in [2.05, 4.69) is 15.2 Å². The Morgan fingerprint density at radius 3 is 0.957 bits per heavy atom. The summed E-state index contributed by atoms with van der Waals surface area (Å²) in [7, 11) is 0. The third-order valence-electron chi connectivity index (χ3n) is 5.53. The molecule has 0 radical (unpaired) electrons. The second-order valence-electron chi connectivity index (χ2n) is 9.16. The lowest BCUT2D eigenvalue weighted by Gasteiger charge is -2.53. The second kappa shape index (κ2) is 11.8. The molecule has 0 N–H and O–H groups in total. The molecule has 0 amide bonds. The minimum atomic E-state index is -9.94. The van der Waals surface area contributed by atoms with Gasteiger partial charge < -0.3 is 15.2 Å². The third-order valence-corrected chi connectivity index (χ3v) is 8.34. The number of halogens is 23. The minimum absolute atomic E-state index is 0.759. The van der Waals surface area contributed by atoms with Gasteiger partial charge in [0, 0.05) is 0 Å². The van der Waals surface area contributed by atoms with E-state index in [1.54, 1.807) is 0 Å². The van der Waals surface area contributed by atoms with Crippen molar-refractivity contribution in [3.05, 3.63) is 29.1 Å². The largest absolute Gasteiger partial charge is 0.961 e. The van der Waals surface area contributed by atoms with E-state index in [1.165, 1.54) is 0 Å². The standard InChI is InChI=1S/C6HF5O.C4F9O.C4H3F6O.C4H6F3O.Al/c7-1-2(8)4(10)6(12)5(11)3(1)9;5-2(6,7)1(14,3(8,9)10)4(11,12)13;1-2(11,3(5,6)7)4(8,9)10;1-3(2,8)4(5,6)7;/h12H;;1H3;1-2H3;/q;3*-1;+3/p-1. The molecule has 46 heavy (non-hydrogen) atoms. The van der Waals surface area contributed by atoms with Gasteiger partial charge in [0.2, 0.25) is 34.7 Å². The molecule has 28 heteroatoms. The van der Waals surface area contributed by atoms with Crippen LogP contribution < -0.4 is 3.79 Å². The van der Waals surface area contributed by atoms with E-state index in [0.29, 0.717) is 0 Å². The van der Waals surface area contributed by atoms with Gasteiger partial charge in [0.15, 0.2) is 0 Å². The van der Waals surface area contributed by atoms with Gasteiger partial charge in [0.05, 0.1) is 0 Å². The van der Waals surface area contributed by atoms with Crippen molar-refractivity contribution in [2.45, 2.75) is 74.6 Å². The van der Waals surface area contributed by atoms with Gasteiger partial charge in [0.1, 0.15) is 11.4 Å². The van der Waals surface area contributed by atoms with Crippen molar-refractivity contribution in [2.75, 3.05) is 0 Å². The summed E-state index contributed by atoms with van der Waals surface area (Å²) in [4.78, 5) is 0. The quantitative estimate of drug-likeness (QED) is 0.115. The van der Waals surface area contributed by atoms with Crippen molar-refractivity contribution < 1.29 is 116 Å². The van der Waals surface area contributed by atoms with Crippen LogP contribution in [0.2, 0.25) is 0 Å². The zero-order valence-electron chi connectivity index (χ0n) is 21.4. The summed E-state index contributed by atoms with van der Waals surface area (Å²) in [5.41, 5.74) is -20.0. The molecule has 1 unspecified atom stereocenters. The molecule has 1 atom stereocenters. The maximum atomic E-state index is 14.3. The van der Waals surface area contributed by atoms with Crippen molar-refractivity contribution in [1.82, 2.24) is 0 Å². The topological polar surface area (TPSA) is 36.9 Å². The summed E-state index contributed by atoms with van der Waals surface area (Å²) in [6.07, 6.45) is -46.3. The van der Waals surface area contributed by atoms with Crippen molar-refractivity contribution in [3.63, 3.8) is 0 Å². The Morgan fingerprint density at radius 1 is 0.391 bits per heavy atom. The highest BCUT2D eigenvalue weighted by molar-refractivity contribution is 6.55. The van der Waals surface area contributed by atoms with Crippen LogP contribution in [-0.2, 0) is 11.4 Å². The van der Waals surface area contributed by atoms with Gasteiger partial charge >= 0.3 is 57.1 Å². The van der Waals surface area contributed by atoms with Crippen LogP contribution in [0.25, 0.3) is 0 Å². The van der Waals surface area contributed by atoms with E-state index in [4.69, 9.17) is 0 Å². The summed E-state index contributed by atoms with van der Waals surface area (Å²) < 4.78 is 327. The molecule has 1 aromatic carbocycles. The Labute approximate surface area is 240 Å². The number of hydrogen-bond acceptors (Lipinski definition) is 4. The van der Waals surface area contributed by atoms with Crippen molar-refractivity contribution >= 4 is 14.4 Å². The lowest BCUT2D eigenvalue weighted by Crippen LogP contribution is -2.77. The van der Waals surface area contributed by atoms with Gasteiger partial charge in [-0.15, -0.1) is 0 Å². The van der Waals surface area contributed by atoms with Crippen molar-refractivity contribution in [2.24, 2.45) is 0 Å². The van der Waals surface area contributed by atoms with Gasteiger partial charge in [-0.05, 0) is 20.8 Å². The molecule has 0 saturated heterocycles. The van der Waals surface area contributed by atoms with Crippen LogP contribution >= 0.6 is 0 Å². The van der Waals surface area contributed by atoms with E-state index in [0.717, 1.165) is 0 Å². The molecular formula is C18H9AlF23O4-. The first-order chi connectivity index (χ1) is 19.8. The first-order valence-corrected chi connectivity index (χ1v) is 12.5. The van der Waals surface area contributed by atoms with Crippen LogP contribution in [0.5, 0.6) is 5.75 Å². The minimum Gasteiger partial charge on any atom is -0.727 e. The number of benzene rings is 1. The maximum absolute atomic E-state index is 14.3. The molecule has 0 bridgehead atoms. The Kier molecular flexibility index (Phi) is 10.7. The Balaban J connectivity index is 4.73. The van der Waals surface area contributed by atoms with E-state index in [9.17, 15) is 101 Å². The van der Waals surface area contributed by atoms with E-state index >= 15 is 0 Å². The molecule has 0 aliphatic rings. The molecule has 0 aromatic heterocycles. The molecule has 4 nitrogen and oxygen atoms in total. The second-order valence-corrected chi connectivity index (χ2v) is 11.3. The van der Waals surface area contributed by atoms with Crippen LogP contribution in [-0.4, -0.2) is 68.3 Å². The predicted octanol–water partition coefficient (Wildman–Crippen LogP) is 8.90. The zero-order chi connectivity index (χ0) is 37.3. The van der Waals surface area contributed by atoms with Crippen LogP contribution in [0.15, 0.2) is 0 Å². The van der Waals surface area contributed by atoms with E-state index in [-0.39, 0.29) is 0 Å². The van der Waals surface area contributed by atoms with Crippen LogP contribution in [0.4, 0.5) is 101 Å². The summed E-state index contributed by atoms with van der Waals surface area (Å²) >= 11 is -9.94. The number of rotatable bonds is 8. The first kappa shape index (κ1) is 41.8. The lowest BCUT2D eigenvalue weighted by atomic mass is 10.0. The molecule has 1 aromatic rings. The zero-order valence-corrected chi connectivity index (χ0v) is 22.6. The molecule has 0 aliphatic heterocycles. The molecule has 1 rings (SSSR count). The Bertz CT molecular complexity index is 1190. The van der Waals surface area contributed by atoms with Crippen LogP contribution in [0.1, 0.15) is 20.8 Å². The van der Waals surface area contributed by atoms with E-state index < -0.39 is 124 Å². The average Bonchev–Trinajstić information content (AvgIpc) is 2.78. The average molecular weight is 753 g/mol. The fourth-order valence-electron chi connectivity index (χ4n) is 2.89. The molecule has 0 saturated carbocycles. The normalized spacial score (nSPS) is 16.5. The molecule has 0 spiro atoms. The molecule has 0 heterocycles. The van der Waals surface area contributed by atoms with E-state index in [1.807, 2.05) is 0 Å². The third kappa shape index (κ3) is 7.14. The van der Waals surface area contributed by atoms with Gasteiger partial charge in [-0.25, -0.2) is 13.2 Å². The lowest BCUT2D eigenvalue weighted by molar-refractivity contribution is -0.453. The van der Waals surface area contributed by atoms with Crippen LogP contribution in [0.3, 0.4) is 0 Å². The first-order valence-electron chi connectivity index (χ1n) is 10.6. The molecule has 270 valence electrons. The maximum Gasteiger partial charge on any atom is 0.961 e. The van der Waals surface area contributed by atoms with Crippen molar-refractivity contribution in [1.29, 1.82) is 0 Å². The highest BCUT2D eigenvalue weighted by Gasteiger charge is 2.88. The van der Waals surface area contributed by atoms with Gasteiger partial charge in [-0.2, -0.15) is 87.8 Å². The molecule has 0 aliphatic carbocycles. The highest BCUT2D eigenvalue weighted by Crippen LogP contribution is 2.58. The molecule has 0 fully saturated rings. The Hall–Kier alpha value is -2.18. The SMILES string of the molecule is CC(C)([O][Al-]([O]c1c(F)c(F)c(F)c(F)c1F)([O]C(C)(C(F)(F)F)C(F)(F)F)[O]C(C(F)(F)F)(C(F)(F)F)C(F)(F)F)C(F)(F)F. The summed E-state index contributed by atoms with van der Waals surface area (Å²) in [6.45, 7) is -3.05. The van der Waals surface area contributed by atoms with Gasteiger partial charge in [0.25, 0.3) is 0 Å². The molecular weight excluding hydrogens is 744 g/mol. The summed E-state index contributed by atoms with van der Waals surface area (Å²) in [6, 6.07) is 0. The van der Waals surface area contributed by atoms with Gasteiger partial charge in [-0.1, -0.05) is 0 Å². The fraction of sp³-hybridized carbons (Fsp3) is 0.667. The number of hydrogen-bond donors (Lipinski definition) is 0. The highest BCUT2D eigenvalue weighted by atomic mass is 27.3. The van der Waals surface area contributed by atoms with Gasteiger partial charge in [-0.3, -0.25) is 0 Å².